The molecule has 0 radical (unpaired) electrons. The predicted octanol–water partition coefficient (Wildman–Crippen LogP) is 4.03. The molecule has 0 bridgehead atoms. The molecule has 0 aliphatic rings. The van der Waals surface area contributed by atoms with Crippen molar-refractivity contribution < 1.29 is 22.8 Å². The highest BCUT2D eigenvalue weighted by Crippen LogP contribution is 2.19. The number of ether oxygens (including phenoxy) is 1. The van der Waals surface area contributed by atoms with Crippen LogP contribution in [0.1, 0.15) is 16.2 Å². The summed E-state index contributed by atoms with van der Waals surface area (Å²) in [5.74, 6) is -2.63. The van der Waals surface area contributed by atoms with E-state index in [-0.39, 0.29) is 18.1 Å². The first-order chi connectivity index (χ1) is 11.5. The van der Waals surface area contributed by atoms with Gasteiger partial charge in [-0.05, 0) is 42.5 Å². The van der Waals surface area contributed by atoms with E-state index in [9.17, 15) is 13.6 Å². The van der Waals surface area contributed by atoms with Gasteiger partial charge in [0.25, 0.3) is 5.89 Å². The Morgan fingerprint density at radius 2 is 1.88 bits per heavy atom. The Morgan fingerprint density at radius 3 is 2.58 bits per heavy atom. The maximum Gasteiger partial charge on any atom is 0.338 e. The van der Waals surface area contributed by atoms with Crippen molar-refractivity contribution in [2.45, 2.75) is 6.61 Å². The summed E-state index contributed by atoms with van der Waals surface area (Å²) in [5, 5.41) is 4.33. The van der Waals surface area contributed by atoms with E-state index in [1.807, 2.05) is 0 Å². The Kier molecular flexibility index (Phi) is 4.52. The number of carbonyl (C=O) groups excluding carboxylic acids is 1. The van der Waals surface area contributed by atoms with Crippen molar-refractivity contribution in [3.63, 3.8) is 0 Å². The third-order valence-electron chi connectivity index (χ3n) is 3.05. The summed E-state index contributed by atoms with van der Waals surface area (Å²) in [6, 6.07) is 9.50. The van der Waals surface area contributed by atoms with Gasteiger partial charge in [-0.1, -0.05) is 16.8 Å². The van der Waals surface area contributed by atoms with Gasteiger partial charge in [-0.2, -0.15) is 4.98 Å². The third-order valence-corrected chi connectivity index (χ3v) is 3.30. The highest BCUT2D eigenvalue weighted by atomic mass is 35.5. The van der Waals surface area contributed by atoms with E-state index in [0.29, 0.717) is 16.4 Å². The van der Waals surface area contributed by atoms with E-state index in [2.05, 4.69) is 10.1 Å². The molecule has 0 aliphatic heterocycles. The Labute approximate surface area is 139 Å². The zero-order valence-corrected chi connectivity index (χ0v) is 12.8. The van der Waals surface area contributed by atoms with Gasteiger partial charge in [0.2, 0.25) is 5.82 Å². The smallest absolute Gasteiger partial charge is 0.338 e. The topological polar surface area (TPSA) is 65.2 Å². The number of carbonyl (C=O) groups is 1. The Hall–Kier alpha value is -2.80. The maximum absolute atomic E-state index is 13.1. The van der Waals surface area contributed by atoms with E-state index < -0.39 is 17.6 Å². The second-order valence-corrected chi connectivity index (χ2v) is 5.16. The molecule has 5 nitrogen and oxygen atoms in total. The van der Waals surface area contributed by atoms with E-state index in [1.165, 1.54) is 0 Å². The van der Waals surface area contributed by atoms with Crippen molar-refractivity contribution in [2.24, 2.45) is 0 Å². The molecule has 8 heteroatoms. The van der Waals surface area contributed by atoms with Gasteiger partial charge in [-0.15, -0.1) is 0 Å². The van der Waals surface area contributed by atoms with Crippen molar-refractivity contribution in [1.29, 1.82) is 0 Å². The Bertz CT molecular complexity index is 881. The number of hydrogen-bond acceptors (Lipinski definition) is 5. The van der Waals surface area contributed by atoms with Gasteiger partial charge in [-0.25, -0.2) is 13.6 Å². The molecule has 0 atom stereocenters. The van der Waals surface area contributed by atoms with Crippen LogP contribution in [0.15, 0.2) is 47.0 Å². The van der Waals surface area contributed by atoms with E-state index in [0.717, 1.165) is 18.2 Å². The van der Waals surface area contributed by atoms with Crippen LogP contribution in [0.25, 0.3) is 11.4 Å². The van der Waals surface area contributed by atoms with Gasteiger partial charge >= 0.3 is 5.97 Å². The van der Waals surface area contributed by atoms with E-state index in [1.54, 1.807) is 24.3 Å². The average Bonchev–Trinajstić information content (AvgIpc) is 3.05. The molecular weight excluding hydrogens is 342 g/mol. The number of rotatable bonds is 4. The molecule has 0 unspecified atom stereocenters. The molecule has 0 saturated heterocycles. The zero-order chi connectivity index (χ0) is 17.1. The quantitative estimate of drug-likeness (QED) is 0.665. The molecule has 2 aromatic carbocycles. The molecule has 1 heterocycles. The van der Waals surface area contributed by atoms with Gasteiger partial charge in [0.1, 0.15) is 0 Å². The summed E-state index contributed by atoms with van der Waals surface area (Å²) in [6.45, 7) is -0.293. The molecule has 0 spiro atoms. The van der Waals surface area contributed by atoms with Crippen molar-refractivity contribution in [3.8, 4) is 11.4 Å². The van der Waals surface area contributed by atoms with Gasteiger partial charge in [-0.3, -0.25) is 0 Å². The summed E-state index contributed by atoms with van der Waals surface area (Å²) >= 11 is 5.80. The minimum Gasteiger partial charge on any atom is -0.452 e. The highest BCUT2D eigenvalue weighted by Gasteiger charge is 2.14. The van der Waals surface area contributed by atoms with Crippen LogP contribution in [0.3, 0.4) is 0 Å². The van der Waals surface area contributed by atoms with Crippen LogP contribution in [0.2, 0.25) is 5.02 Å². The van der Waals surface area contributed by atoms with Crippen molar-refractivity contribution in [3.05, 3.63) is 70.6 Å². The molecule has 122 valence electrons. The van der Waals surface area contributed by atoms with Crippen molar-refractivity contribution >= 4 is 17.6 Å². The summed E-state index contributed by atoms with van der Waals surface area (Å²) in [4.78, 5) is 15.9. The second kappa shape index (κ2) is 6.76. The minimum atomic E-state index is -1.13. The van der Waals surface area contributed by atoms with Crippen molar-refractivity contribution in [2.75, 3.05) is 0 Å². The molecule has 0 saturated carbocycles. The SMILES string of the molecule is O=C(OCc1nc(-c2ccc(Cl)cc2)no1)c1ccc(F)c(F)c1. The number of esters is 1. The number of nitrogens with zero attached hydrogens (tertiary/aromatic N) is 2. The lowest BCUT2D eigenvalue weighted by Gasteiger charge is -2.02. The Morgan fingerprint density at radius 1 is 1.12 bits per heavy atom. The third kappa shape index (κ3) is 3.57. The normalized spacial score (nSPS) is 10.6. The molecule has 3 rings (SSSR count). The maximum atomic E-state index is 13.1. The Balaban J connectivity index is 1.65. The number of hydrogen-bond donors (Lipinski definition) is 0. The average molecular weight is 351 g/mol. The lowest BCUT2D eigenvalue weighted by atomic mass is 10.2. The summed E-state index contributed by atoms with van der Waals surface area (Å²) in [6.07, 6.45) is 0. The molecule has 0 amide bonds. The van der Waals surface area contributed by atoms with Crippen LogP contribution in [0.4, 0.5) is 8.78 Å². The van der Waals surface area contributed by atoms with Gasteiger partial charge in [0.15, 0.2) is 18.2 Å². The van der Waals surface area contributed by atoms with Crippen LogP contribution >= 0.6 is 11.6 Å². The molecule has 0 aliphatic carbocycles. The van der Waals surface area contributed by atoms with Gasteiger partial charge in [0.05, 0.1) is 5.56 Å². The molecule has 24 heavy (non-hydrogen) atoms. The molecule has 1 aromatic heterocycles. The number of halogens is 3. The molecule has 3 aromatic rings. The fourth-order valence-electron chi connectivity index (χ4n) is 1.86. The van der Waals surface area contributed by atoms with Crippen LogP contribution in [-0.4, -0.2) is 16.1 Å². The second-order valence-electron chi connectivity index (χ2n) is 4.72. The summed E-state index contributed by atoms with van der Waals surface area (Å²) < 4.78 is 35.8. The monoisotopic (exact) mass is 350 g/mol. The molecule has 0 N–H and O–H groups in total. The zero-order valence-electron chi connectivity index (χ0n) is 12.0. The van der Waals surface area contributed by atoms with Crippen LogP contribution in [-0.2, 0) is 11.3 Å². The van der Waals surface area contributed by atoms with Gasteiger partial charge in [0, 0.05) is 10.6 Å². The van der Waals surface area contributed by atoms with Crippen LogP contribution < -0.4 is 0 Å². The van der Waals surface area contributed by atoms with Crippen molar-refractivity contribution in [1.82, 2.24) is 10.1 Å². The first-order valence-corrected chi connectivity index (χ1v) is 7.11. The fraction of sp³-hybridized carbons (Fsp3) is 0.0625. The first-order valence-electron chi connectivity index (χ1n) is 6.73. The minimum absolute atomic E-state index is 0.0656. The standard InChI is InChI=1S/C16H9ClF2N2O3/c17-11-4-1-9(2-5-11)15-20-14(24-21-15)8-23-16(22)10-3-6-12(18)13(19)7-10/h1-7H,8H2. The first kappa shape index (κ1) is 16.1. The van der Waals surface area contributed by atoms with Crippen LogP contribution in [0, 0.1) is 11.6 Å². The predicted molar refractivity (Wildman–Crippen MR) is 80.2 cm³/mol. The highest BCUT2D eigenvalue weighted by molar-refractivity contribution is 6.30. The number of aromatic nitrogens is 2. The lowest BCUT2D eigenvalue weighted by Crippen LogP contribution is -2.06. The summed E-state index contributed by atoms with van der Waals surface area (Å²) in [7, 11) is 0. The summed E-state index contributed by atoms with van der Waals surface area (Å²) in [5.41, 5.74) is 0.563. The number of benzene rings is 2. The molecule has 0 fully saturated rings. The van der Waals surface area contributed by atoms with E-state index >= 15 is 0 Å². The molecular formula is C16H9ClF2N2O3. The van der Waals surface area contributed by atoms with Crippen LogP contribution in [0.5, 0.6) is 0 Å². The fourth-order valence-corrected chi connectivity index (χ4v) is 1.99. The van der Waals surface area contributed by atoms with Gasteiger partial charge < -0.3 is 9.26 Å². The lowest BCUT2D eigenvalue weighted by molar-refractivity contribution is 0.0429. The van der Waals surface area contributed by atoms with E-state index in [4.69, 9.17) is 20.9 Å². The largest absolute Gasteiger partial charge is 0.452 e.